The van der Waals surface area contributed by atoms with Gasteiger partial charge in [-0.3, -0.25) is 0 Å². The van der Waals surface area contributed by atoms with Gasteiger partial charge in [-0.2, -0.15) is 9.50 Å². The molecule has 7 nitrogen and oxygen atoms in total. The Hall–Kier alpha value is -2.48. The second kappa shape index (κ2) is 6.79. The first-order chi connectivity index (χ1) is 12.2. The maximum atomic E-state index is 5.33. The van der Waals surface area contributed by atoms with Crippen LogP contribution in [0.2, 0.25) is 0 Å². The fraction of sp³-hybridized carbons (Fsp3) is 0.353. The highest BCUT2D eigenvalue weighted by Gasteiger charge is 2.14. The number of fused-ring (bicyclic) bond motifs is 3. The van der Waals surface area contributed by atoms with Crippen LogP contribution in [0.15, 0.2) is 33.9 Å². The molecule has 4 aromatic rings. The average Bonchev–Trinajstić information content (AvgIpc) is 3.24. The Morgan fingerprint density at radius 3 is 2.92 bits per heavy atom. The molecule has 0 spiro atoms. The van der Waals surface area contributed by atoms with E-state index in [4.69, 9.17) is 9.51 Å². The Kier molecular flexibility index (Phi) is 4.35. The highest BCUT2D eigenvalue weighted by atomic mass is 32.2. The summed E-state index contributed by atoms with van der Waals surface area (Å²) in [5, 5.41) is 10.3. The molecule has 0 saturated heterocycles. The number of unbranched alkanes of at least 4 members (excludes halogenated alkanes) is 1. The molecule has 0 N–H and O–H groups in total. The molecule has 25 heavy (non-hydrogen) atoms. The fourth-order valence-corrected chi connectivity index (χ4v) is 3.42. The summed E-state index contributed by atoms with van der Waals surface area (Å²) in [4.78, 5) is 13.7. The molecule has 4 rings (SSSR count). The molecule has 0 unspecified atom stereocenters. The van der Waals surface area contributed by atoms with Gasteiger partial charge in [0.2, 0.25) is 5.89 Å². The summed E-state index contributed by atoms with van der Waals surface area (Å²) in [5.74, 6) is 2.65. The van der Waals surface area contributed by atoms with E-state index in [0.717, 1.165) is 52.6 Å². The molecular weight excluding hydrogens is 336 g/mol. The van der Waals surface area contributed by atoms with Crippen LogP contribution in [0.1, 0.15) is 37.3 Å². The molecule has 0 atom stereocenters. The van der Waals surface area contributed by atoms with Gasteiger partial charge in [0, 0.05) is 11.8 Å². The summed E-state index contributed by atoms with van der Waals surface area (Å²) in [5.41, 5.74) is 1.72. The first kappa shape index (κ1) is 16.0. The molecule has 0 bridgehead atoms. The van der Waals surface area contributed by atoms with Gasteiger partial charge in [-0.15, -0.1) is 5.10 Å². The maximum Gasteiger partial charge on any atom is 0.237 e. The molecule has 0 aliphatic heterocycles. The predicted octanol–water partition coefficient (Wildman–Crippen LogP) is 3.60. The number of rotatable bonds is 6. The van der Waals surface area contributed by atoms with Crippen molar-refractivity contribution in [1.82, 2.24) is 29.7 Å². The minimum Gasteiger partial charge on any atom is -0.338 e. The van der Waals surface area contributed by atoms with Crippen LogP contribution in [0.25, 0.3) is 16.6 Å². The van der Waals surface area contributed by atoms with E-state index >= 15 is 0 Å². The number of para-hydroxylation sites is 1. The third kappa shape index (κ3) is 3.21. The second-order valence-corrected chi connectivity index (χ2v) is 6.75. The van der Waals surface area contributed by atoms with Crippen LogP contribution >= 0.6 is 11.8 Å². The minimum atomic E-state index is 0.554. The highest BCUT2D eigenvalue weighted by Crippen LogP contribution is 2.25. The van der Waals surface area contributed by atoms with Gasteiger partial charge < -0.3 is 4.52 Å². The first-order valence-corrected chi connectivity index (χ1v) is 9.29. The van der Waals surface area contributed by atoms with E-state index in [1.807, 2.05) is 31.2 Å². The smallest absolute Gasteiger partial charge is 0.237 e. The zero-order valence-electron chi connectivity index (χ0n) is 14.1. The zero-order valence-corrected chi connectivity index (χ0v) is 15.0. The molecular formula is C17H18N6OS. The van der Waals surface area contributed by atoms with Crippen molar-refractivity contribution in [2.24, 2.45) is 0 Å². The van der Waals surface area contributed by atoms with Gasteiger partial charge in [0.05, 0.1) is 11.3 Å². The Labute approximate surface area is 148 Å². The fourth-order valence-electron chi connectivity index (χ4n) is 2.64. The van der Waals surface area contributed by atoms with Crippen molar-refractivity contribution in [1.29, 1.82) is 0 Å². The van der Waals surface area contributed by atoms with E-state index in [-0.39, 0.29) is 0 Å². The lowest BCUT2D eigenvalue weighted by atomic mass is 10.2. The average molecular weight is 354 g/mol. The number of aromatic nitrogens is 6. The summed E-state index contributed by atoms with van der Waals surface area (Å²) >= 11 is 1.52. The predicted molar refractivity (Wildman–Crippen MR) is 95.5 cm³/mol. The Bertz CT molecular complexity index is 1020. The topological polar surface area (TPSA) is 82.0 Å². The standard InChI is InChI=1S/C17H18N6OS/c1-3-4-9-14-20-15(24-22-14)10-25-17-19-13-8-6-5-7-12(13)16-18-11(2)21-23(16)17/h5-8H,3-4,9-10H2,1-2H3. The van der Waals surface area contributed by atoms with Crippen molar-refractivity contribution in [2.45, 2.75) is 44.0 Å². The third-order valence-electron chi connectivity index (χ3n) is 3.84. The lowest BCUT2D eigenvalue weighted by Gasteiger charge is -2.04. The molecule has 0 radical (unpaired) electrons. The summed E-state index contributed by atoms with van der Waals surface area (Å²) in [6.07, 6.45) is 3.03. The van der Waals surface area contributed by atoms with Gasteiger partial charge in [-0.05, 0) is 25.5 Å². The van der Waals surface area contributed by atoms with Crippen LogP contribution in [0, 0.1) is 6.92 Å². The summed E-state index contributed by atoms with van der Waals surface area (Å²) in [7, 11) is 0. The number of aryl methyl sites for hydroxylation is 2. The van der Waals surface area contributed by atoms with Crippen LogP contribution in [0.5, 0.6) is 0 Å². The molecule has 0 aliphatic carbocycles. The van der Waals surface area contributed by atoms with Crippen LogP contribution in [0.3, 0.4) is 0 Å². The molecule has 0 saturated carbocycles. The van der Waals surface area contributed by atoms with Crippen molar-refractivity contribution in [2.75, 3.05) is 0 Å². The second-order valence-electron chi connectivity index (χ2n) is 5.80. The van der Waals surface area contributed by atoms with E-state index in [1.54, 1.807) is 4.52 Å². The maximum absolute atomic E-state index is 5.33. The Morgan fingerprint density at radius 1 is 1.16 bits per heavy atom. The normalized spacial score (nSPS) is 11.6. The van der Waals surface area contributed by atoms with E-state index < -0.39 is 0 Å². The lowest BCUT2D eigenvalue weighted by molar-refractivity contribution is 0.384. The monoisotopic (exact) mass is 354 g/mol. The van der Waals surface area contributed by atoms with Gasteiger partial charge in [-0.1, -0.05) is 42.4 Å². The van der Waals surface area contributed by atoms with E-state index in [9.17, 15) is 0 Å². The number of thioether (sulfide) groups is 1. The summed E-state index contributed by atoms with van der Waals surface area (Å²) < 4.78 is 7.12. The number of hydrogen-bond donors (Lipinski definition) is 0. The highest BCUT2D eigenvalue weighted by molar-refractivity contribution is 7.98. The van der Waals surface area contributed by atoms with Gasteiger partial charge in [0.15, 0.2) is 16.6 Å². The molecule has 0 fully saturated rings. The summed E-state index contributed by atoms with van der Waals surface area (Å²) in [6.45, 7) is 4.03. The van der Waals surface area contributed by atoms with E-state index in [2.05, 4.69) is 27.1 Å². The quantitative estimate of drug-likeness (QED) is 0.386. The van der Waals surface area contributed by atoms with Crippen LogP contribution in [-0.2, 0) is 12.2 Å². The van der Waals surface area contributed by atoms with Crippen molar-refractivity contribution >= 4 is 28.3 Å². The van der Waals surface area contributed by atoms with E-state index in [1.165, 1.54) is 11.8 Å². The van der Waals surface area contributed by atoms with Gasteiger partial charge >= 0.3 is 0 Å². The first-order valence-electron chi connectivity index (χ1n) is 8.31. The van der Waals surface area contributed by atoms with E-state index in [0.29, 0.717) is 11.6 Å². The molecule has 3 heterocycles. The van der Waals surface area contributed by atoms with Crippen LogP contribution in [0.4, 0.5) is 0 Å². The molecule has 3 aromatic heterocycles. The minimum absolute atomic E-state index is 0.554. The molecule has 128 valence electrons. The van der Waals surface area contributed by atoms with Gasteiger partial charge in [0.25, 0.3) is 0 Å². The van der Waals surface area contributed by atoms with Crippen molar-refractivity contribution in [3.8, 4) is 0 Å². The third-order valence-corrected chi connectivity index (χ3v) is 4.76. The molecule has 0 amide bonds. The lowest BCUT2D eigenvalue weighted by Crippen LogP contribution is -1.98. The Balaban J connectivity index is 1.63. The summed E-state index contributed by atoms with van der Waals surface area (Å²) in [6, 6.07) is 7.95. The molecule has 0 aliphatic rings. The van der Waals surface area contributed by atoms with Crippen molar-refractivity contribution in [3.05, 3.63) is 41.8 Å². The Morgan fingerprint density at radius 2 is 2.04 bits per heavy atom. The van der Waals surface area contributed by atoms with Gasteiger partial charge in [0.1, 0.15) is 5.82 Å². The largest absolute Gasteiger partial charge is 0.338 e. The molecule has 1 aromatic carbocycles. The van der Waals surface area contributed by atoms with Crippen LogP contribution < -0.4 is 0 Å². The van der Waals surface area contributed by atoms with Crippen molar-refractivity contribution in [3.63, 3.8) is 0 Å². The van der Waals surface area contributed by atoms with Crippen LogP contribution in [-0.4, -0.2) is 29.7 Å². The number of nitrogens with zero attached hydrogens (tertiary/aromatic N) is 6. The number of benzene rings is 1. The number of hydrogen-bond acceptors (Lipinski definition) is 7. The molecule has 8 heteroatoms. The van der Waals surface area contributed by atoms with Gasteiger partial charge in [-0.25, -0.2) is 9.97 Å². The SMILES string of the molecule is CCCCc1noc(CSc2nc3ccccc3c3nc(C)nn23)n1. The zero-order chi connectivity index (χ0) is 17.2. The van der Waals surface area contributed by atoms with Crippen molar-refractivity contribution < 1.29 is 4.52 Å².